The lowest BCUT2D eigenvalue weighted by atomic mass is 10.2. The average Bonchev–Trinajstić information content (AvgIpc) is 2.52. The van der Waals surface area contributed by atoms with Gasteiger partial charge in [0.1, 0.15) is 0 Å². The Balaban J connectivity index is -0.00000180. The summed E-state index contributed by atoms with van der Waals surface area (Å²) in [6.45, 7) is 23.6. The van der Waals surface area contributed by atoms with Gasteiger partial charge in [0, 0.05) is 0 Å². The molecule has 0 heterocycles. The Morgan fingerprint density at radius 3 is 0.909 bits per heavy atom. The smallest absolute Gasteiger partial charge is 0.0897 e. The van der Waals surface area contributed by atoms with Crippen LogP contribution in [-0.2, 0) is 0 Å². The zero-order chi connectivity index (χ0) is 15.5. The van der Waals surface area contributed by atoms with Gasteiger partial charge in [-0.25, -0.2) is 0 Å². The minimum atomic E-state index is 0. The SMILES string of the molecule is CC[N+](CC)(CC)CCC#CCC[N+](CC)(CC)CC.[I-].[I-]. The Morgan fingerprint density at radius 1 is 0.500 bits per heavy atom. The van der Waals surface area contributed by atoms with E-state index < -0.39 is 0 Å². The summed E-state index contributed by atoms with van der Waals surface area (Å²) in [6.07, 6.45) is 2.11. The Morgan fingerprint density at radius 2 is 0.727 bits per heavy atom. The van der Waals surface area contributed by atoms with Crippen LogP contribution in [-0.4, -0.2) is 61.3 Å². The van der Waals surface area contributed by atoms with Crippen LogP contribution in [0.2, 0.25) is 0 Å². The molecule has 0 unspecified atom stereocenters. The lowest BCUT2D eigenvalue weighted by Crippen LogP contribution is -3.00. The third kappa shape index (κ3) is 9.29. The molecule has 0 rings (SSSR count). The maximum absolute atomic E-state index is 3.41. The molecular formula is C18H38I2N2. The third-order valence-corrected chi connectivity index (χ3v) is 5.57. The zero-order valence-corrected chi connectivity index (χ0v) is 20.0. The molecule has 0 aliphatic carbocycles. The topological polar surface area (TPSA) is 0 Å². The highest BCUT2D eigenvalue weighted by Crippen LogP contribution is 2.08. The quantitative estimate of drug-likeness (QED) is 0.165. The Kier molecular flexibility index (Phi) is 19.5. The summed E-state index contributed by atoms with van der Waals surface area (Å²) in [5.74, 6) is 6.83. The van der Waals surface area contributed by atoms with Crippen molar-refractivity contribution in [3.63, 3.8) is 0 Å². The first-order valence-electron chi connectivity index (χ1n) is 8.73. The van der Waals surface area contributed by atoms with E-state index in [9.17, 15) is 0 Å². The van der Waals surface area contributed by atoms with Crippen LogP contribution < -0.4 is 48.0 Å². The van der Waals surface area contributed by atoms with Crippen molar-refractivity contribution in [3.05, 3.63) is 0 Å². The average molecular weight is 536 g/mol. The minimum absolute atomic E-state index is 0. The summed E-state index contributed by atoms with van der Waals surface area (Å²) in [4.78, 5) is 0. The van der Waals surface area contributed by atoms with Gasteiger partial charge in [-0.1, -0.05) is 11.8 Å². The van der Waals surface area contributed by atoms with Gasteiger partial charge in [0.25, 0.3) is 0 Å². The lowest BCUT2D eigenvalue weighted by Gasteiger charge is -2.35. The van der Waals surface area contributed by atoms with Crippen molar-refractivity contribution in [2.45, 2.75) is 54.4 Å². The molecule has 0 aliphatic heterocycles. The second kappa shape index (κ2) is 15.5. The largest absolute Gasteiger partial charge is 1.00 e. The molecule has 0 aromatic rings. The van der Waals surface area contributed by atoms with Crippen LogP contribution in [0.5, 0.6) is 0 Å². The molecule has 0 saturated carbocycles. The van der Waals surface area contributed by atoms with Crippen LogP contribution in [0.1, 0.15) is 54.4 Å². The highest BCUT2D eigenvalue weighted by atomic mass is 127. The predicted molar refractivity (Wildman–Crippen MR) is 90.5 cm³/mol. The minimum Gasteiger partial charge on any atom is -1.00 e. The number of hydrogen-bond acceptors (Lipinski definition) is 0. The molecule has 2 nitrogen and oxygen atoms in total. The monoisotopic (exact) mass is 536 g/mol. The maximum atomic E-state index is 3.41. The molecule has 22 heavy (non-hydrogen) atoms. The van der Waals surface area contributed by atoms with Gasteiger partial charge >= 0.3 is 0 Å². The number of hydrogen-bond donors (Lipinski definition) is 0. The lowest BCUT2D eigenvalue weighted by molar-refractivity contribution is -0.922. The first kappa shape index (κ1) is 27.8. The van der Waals surface area contributed by atoms with E-state index >= 15 is 0 Å². The van der Waals surface area contributed by atoms with Crippen LogP contribution in [0, 0.1) is 11.8 Å². The fourth-order valence-corrected chi connectivity index (χ4v) is 3.05. The summed E-state index contributed by atoms with van der Waals surface area (Å²) in [7, 11) is 0. The molecule has 0 aromatic heterocycles. The maximum Gasteiger partial charge on any atom is 0.0897 e. The molecule has 0 N–H and O–H groups in total. The molecule has 0 amide bonds. The van der Waals surface area contributed by atoms with Gasteiger partial charge in [-0.05, 0) is 41.5 Å². The van der Waals surface area contributed by atoms with Crippen molar-refractivity contribution >= 4 is 0 Å². The van der Waals surface area contributed by atoms with E-state index in [0.717, 1.165) is 12.8 Å². The van der Waals surface area contributed by atoms with Gasteiger partial charge in [-0.2, -0.15) is 0 Å². The van der Waals surface area contributed by atoms with Crippen molar-refractivity contribution in [2.24, 2.45) is 0 Å². The summed E-state index contributed by atoms with van der Waals surface area (Å²) < 4.78 is 2.43. The molecule has 0 saturated heterocycles. The normalized spacial score (nSPS) is 11.0. The molecule has 4 heteroatoms. The predicted octanol–water partition coefficient (Wildman–Crippen LogP) is -2.47. The highest BCUT2D eigenvalue weighted by molar-refractivity contribution is 4.98. The summed E-state index contributed by atoms with van der Waals surface area (Å²) >= 11 is 0. The first-order chi connectivity index (χ1) is 9.57. The van der Waals surface area contributed by atoms with Gasteiger partial charge in [0.05, 0.1) is 65.2 Å². The van der Waals surface area contributed by atoms with Crippen molar-refractivity contribution in [2.75, 3.05) is 52.4 Å². The molecule has 0 aromatic carbocycles. The second-order valence-electron chi connectivity index (χ2n) is 5.88. The molecular weight excluding hydrogens is 498 g/mol. The number of quaternary nitrogens is 2. The van der Waals surface area contributed by atoms with E-state index in [1.54, 1.807) is 0 Å². The van der Waals surface area contributed by atoms with Gasteiger partial charge < -0.3 is 56.9 Å². The van der Waals surface area contributed by atoms with E-state index in [0.29, 0.717) is 0 Å². The number of nitrogens with zero attached hydrogens (tertiary/aromatic N) is 2. The molecule has 0 fully saturated rings. The van der Waals surface area contributed by atoms with Crippen molar-refractivity contribution in [3.8, 4) is 11.8 Å². The summed E-state index contributed by atoms with van der Waals surface area (Å²) in [5.41, 5.74) is 0. The Bertz CT molecular complexity index is 255. The summed E-state index contributed by atoms with van der Waals surface area (Å²) in [5, 5.41) is 0. The highest BCUT2D eigenvalue weighted by Gasteiger charge is 2.20. The van der Waals surface area contributed by atoms with E-state index in [-0.39, 0.29) is 48.0 Å². The van der Waals surface area contributed by atoms with Gasteiger partial charge in [0.15, 0.2) is 0 Å². The molecule has 0 aliphatic rings. The van der Waals surface area contributed by atoms with E-state index in [4.69, 9.17) is 0 Å². The molecule has 0 spiro atoms. The second-order valence-corrected chi connectivity index (χ2v) is 5.88. The fraction of sp³-hybridized carbons (Fsp3) is 0.889. The molecule has 0 atom stereocenters. The van der Waals surface area contributed by atoms with Crippen LogP contribution in [0.25, 0.3) is 0 Å². The van der Waals surface area contributed by atoms with Gasteiger partial charge in [0.2, 0.25) is 0 Å². The van der Waals surface area contributed by atoms with E-state index in [1.807, 2.05) is 0 Å². The number of rotatable bonds is 10. The van der Waals surface area contributed by atoms with Crippen LogP contribution in [0.3, 0.4) is 0 Å². The third-order valence-electron chi connectivity index (χ3n) is 5.57. The zero-order valence-electron chi connectivity index (χ0n) is 15.7. The van der Waals surface area contributed by atoms with Crippen molar-refractivity contribution in [1.82, 2.24) is 0 Å². The molecule has 0 bridgehead atoms. The standard InChI is InChI=1S/C18H38N2.2HI/c1-7-19(8-2,9-3)17-15-13-14-16-18-20(10-4,11-5)12-6;;/h7-12,15-18H2,1-6H3;2*1H/q+2;;/p-2. The Labute approximate surface area is 174 Å². The fourth-order valence-electron chi connectivity index (χ4n) is 3.05. The molecule has 134 valence electrons. The van der Waals surface area contributed by atoms with Gasteiger partial charge in [-0.3, -0.25) is 0 Å². The van der Waals surface area contributed by atoms with Crippen LogP contribution in [0.15, 0.2) is 0 Å². The Hall–Kier alpha value is 0.940. The number of halogens is 2. The van der Waals surface area contributed by atoms with Crippen molar-refractivity contribution < 1.29 is 56.9 Å². The van der Waals surface area contributed by atoms with Crippen molar-refractivity contribution in [1.29, 1.82) is 0 Å². The summed E-state index contributed by atoms with van der Waals surface area (Å²) in [6, 6.07) is 0. The van der Waals surface area contributed by atoms with E-state index in [1.165, 1.54) is 61.3 Å². The van der Waals surface area contributed by atoms with Crippen LogP contribution >= 0.6 is 0 Å². The van der Waals surface area contributed by atoms with Gasteiger partial charge in [-0.15, -0.1) is 0 Å². The van der Waals surface area contributed by atoms with E-state index in [2.05, 4.69) is 53.4 Å². The van der Waals surface area contributed by atoms with Crippen LogP contribution in [0.4, 0.5) is 0 Å². The molecule has 0 radical (unpaired) electrons. The first-order valence-corrected chi connectivity index (χ1v) is 8.73.